The maximum atomic E-state index is 10.7. The number of hydrogen-bond acceptors (Lipinski definition) is 3. The molecular formula is C17H14N2O. The van der Waals surface area contributed by atoms with Crippen LogP contribution in [0.2, 0.25) is 0 Å². The van der Waals surface area contributed by atoms with Crippen molar-refractivity contribution in [3.63, 3.8) is 0 Å². The van der Waals surface area contributed by atoms with Crippen molar-refractivity contribution < 1.29 is 4.79 Å². The Morgan fingerprint density at radius 3 is 1.80 bits per heavy atom. The Morgan fingerprint density at radius 2 is 1.45 bits per heavy atom. The van der Waals surface area contributed by atoms with E-state index in [1.54, 1.807) is 6.92 Å². The fourth-order valence-electron chi connectivity index (χ4n) is 2.38. The predicted molar refractivity (Wildman–Crippen MR) is 76.9 cm³/mol. The minimum atomic E-state index is -1.18. The van der Waals surface area contributed by atoms with Gasteiger partial charge in [-0.15, -0.1) is 0 Å². The van der Waals surface area contributed by atoms with E-state index in [4.69, 9.17) is 0 Å². The van der Waals surface area contributed by atoms with Gasteiger partial charge in [-0.3, -0.25) is 0 Å². The molecule has 0 heterocycles. The molecule has 3 heteroatoms. The third-order valence-corrected chi connectivity index (χ3v) is 3.33. The Balaban J connectivity index is 2.63. The monoisotopic (exact) mass is 262 g/mol. The molecular weight excluding hydrogens is 248 g/mol. The van der Waals surface area contributed by atoms with Crippen LogP contribution in [0.1, 0.15) is 24.0 Å². The number of carbonyl (C=O) groups excluding carboxylic acids is 1. The first-order chi connectivity index (χ1) is 9.71. The Hall–Kier alpha value is -2.69. The highest BCUT2D eigenvalue weighted by atomic mass is 16.1. The number of aliphatic imine (C=N–C) groups is 1. The van der Waals surface area contributed by atoms with E-state index < -0.39 is 5.54 Å². The first-order valence-electron chi connectivity index (χ1n) is 6.31. The highest BCUT2D eigenvalue weighted by Gasteiger charge is 2.36. The van der Waals surface area contributed by atoms with E-state index in [0.29, 0.717) is 0 Å². The van der Waals surface area contributed by atoms with Gasteiger partial charge < -0.3 is 0 Å². The van der Waals surface area contributed by atoms with Crippen LogP contribution in [0, 0.1) is 11.3 Å². The van der Waals surface area contributed by atoms with Gasteiger partial charge in [0.15, 0.2) is 5.54 Å². The van der Waals surface area contributed by atoms with Crippen LogP contribution < -0.4 is 0 Å². The van der Waals surface area contributed by atoms with Crippen LogP contribution in [0.5, 0.6) is 0 Å². The molecule has 0 N–H and O–H groups in total. The van der Waals surface area contributed by atoms with Gasteiger partial charge in [0.2, 0.25) is 6.08 Å². The van der Waals surface area contributed by atoms with E-state index in [-0.39, 0.29) is 5.92 Å². The van der Waals surface area contributed by atoms with E-state index in [1.165, 1.54) is 6.08 Å². The van der Waals surface area contributed by atoms with Crippen molar-refractivity contribution in [3.05, 3.63) is 71.8 Å². The zero-order valence-corrected chi connectivity index (χ0v) is 11.2. The van der Waals surface area contributed by atoms with Crippen molar-refractivity contribution in [2.45, 2.75) is 18.4 Å². The fourth-order valence-corrected chi connectivity index (χ4v) is 2.38. The van der Waals surface area contributed by atoms with Crippen LogP contribution in [0.3, 0.4) is 0 Å². The largest absolute Gasteiger partial charge is 0.236 e. The van der Waals surface area contributed by atoms with Gasteiger partial charge in [-0.05, 0) is 18.1 Å². The number of benzene rings is 2. The number of nitrogens with zero attached hydrogens (tertiary/aromatic N) is 2. The fraction of sp³-hybridized carbons (Fsp3) is 0.176. The molecule has 1 unspecified atom stereocenters. The molecule has 0 saturated heterocycles. The van der Waals surface area contributed by atoms with E-state index in [2.05, 4.69) is 11.1 Å². The summed E-state index contributed by atoms with van der Waals surface area (Å²) in [7, 11) is 0. The quantitative estimate of drug-likeness (QED) is 0.626. The molecule has 1 atom stereocenters. The van der Waals surface area contributed by atoms with Crippen molar-refractivity contribution in [1.82, 2.24) is 0 Å². The molecule has 0 aliphatic carbocycles. The summed E-state index contributed by atoms with van der Waals surface area (Å²) in [6, 6.07) is 21.4. The van der Waals surface area contributed by atoms with Gasteiger partial charge in [0.25, 0.3) is 0 Å². The smallest absolute Gasteiger partial charge is 0.211 e. The van der Waals surface area contributed by atoms with Crippen LogP contribution in [0.15, 0.2) is 65.7 Å². The van der Waals surface area contributed by atoms with Crippen LogP contribution in [0.4, 0.5) is 0 Å². The minimum absolute atomic E-state index is 0.309. The number of isocyanates is 1. The molecule has 2 aromatic rings. The van der Waals surface area contributed by atoms with Gasteiger partial charge in [0.1, 0.15) is 0 Å². The second-order valence-corrected chi connectivity index (χ2v) is 4.72. The SMILES string of the molecule is CC(C#N)(N=C=O)C(c1ccccc1)c1ccccc1. The second-order valence-electron chi connectivity index (χ2n) is 4.72. The van der Waals surface area contributed by atoms with Crippen LogP contribution in [0.25, 0.3) is 0 Å². The molecule has 0 saturated carbocycles. The molecule has 2 aromatic carbocycles. The molecule has 3 nitrogen and oxygen atoms in total. The average molecular weight is 262 g/mol. The summed E-state index contributed by atoms with van der Waals surface area (Å²) >= 11 is 0. The standard InChI is InChI=1S/C17H14N2O/c1-17(12-18,19-13-20)16(14-8-4-2-5-9-14)15-10-6-3-7-11-15/h2-11,16H,1H3. The van der Waals surface area contributed by atoms with Gasteiger partial charge in [-0.25, -0.2) is 4.79 Å². The topological polar surface area (TPSA) is 53.2 Å². The van der Waals surface area contributed by atoms with Gasteiger partial charge in [0, 0.05) is 5.92 Å². The van der Waals surface area contributed by atoms with Crippen molar-refractivity contribution >= 4 is 6.08 Å². The third-order valence-electron chi connectivity index (χ3n) is 3.33. The summed E-state index contributed by atoms with van der Waals surface area (Å²) in [5.41, 5.74) is 0.716. The Bertz CT molecular complexity index is 615. The lowest BCUT2D eigenvalue weighted by atomic mass is 9.77. The van der Waals surface area contributed by atoms with Gasteiger partial charge in [-0.1, -0.05) is 60.7 Å². The lowest BCUT2D eigenvalue weighted by molar-refractivity contribution is 0.508. The first-order valence-corrected chi connectivity index (χ1v) is 6.31. The van der Waals surface area contributed by atoms with Gasteiger partial charge >= 0.3 is 0 Å². The maximum absolute atomic E-state index is 10.7. The highest BCUT2D eigenvalue weighted by Crippen LogP contribution is 2.36. The summed E-state index contributed by atoms with van der Waals surface area (Å²) in [5.74, 6) is -0.309. The lowest BCUT2D eigenvalue weighted by Gasteiger charge is -2.27. The van der Waals surface area contributed by atoms with Crippen molar-refractivity contribution in [2.24, 2.45) is 4.99 Å². The molecule has 98 valence electrons. The van der Waals surface area contributed by atoms with Crippen LogP contribution in [-0.2, 0) is 4.79 Å². The summed E-state index contributed by atoms with van der Waals surface area (Å²) < 4.78 is 0. The van der Waals surface area contributed by atoms with E-state index in [1.807, 2.05) is 60.7 Å². The third kappa shape index (κ3) is 2.66. The summed E-state index contributed by atoms with van der Waals surface area (Å²) in [4.78, 5) is 14.5. The molecule has 0 aliphatic heterocycles. The van der Waals surface area contributed by atoms with Crippen LogP contribution in [-0.4, -0.2) is 11.6 Å². The summed E-state index contributed by atoms with van der Waals surface area (Å²) in [6.07, 6.45) is 1.53. The zero-order valence-electron chi connectivity index (χ0n) is 11.2. The second kappa shape index (κ2) is 5.97. The lowest BCUT2D eigenvalue weighted by Crippen LogP contribution is -2.30. The Kier molecular flexibility index (Phi) is 4.10. The Morgan fingerprint density at radius 1 is 1.00 bits per heavy atom. The number of hydrogen-bond donors (Lipinski definition) is 0. The number of nitriles is 1. The number of rotatable bonds is 4. The minimum Gasteiger partial charge on any atom is -0.211 e. The molecule has 0 spiro atoms. The van der Waals surface area contributed by atoms with Gasteiger partial charge in [0.05, 0.1) is 6.07 Å². The normalized spacial score (nSPS) is 13.1. The first kappa shape index (κ1) is 13.7. The summed E-state index contributed by atoms with van der Waals surface area (Å²) in [6.45, 7) is 1.66. The molecule has 0 radical (unpaired) electrons. The van der Waals surface area contributed by atoms with Crippen molar-refractivity contribution in [3.8, 4) is 6.07 Å². The average Bonchev–Trinajstić information content (AvgIpc) is 2.50. The molecule has 0 bridgehead atoms. The van der Waals surface area contributed by atoms with Crippen molar-refractivity contribution in [2.75, 3.05) is 0 Å². The molecule has 2 rings (SSSR count). The molecule has 0 aliphatic rings. The van der Waals surface area contributed by atoms with E-state index in [0.717, 1.165) is 11.1 Å². The molecule has 0 aromatic heterocycles. The Labute approximate surface area is 118 Å². The van der Waals surface area contributed by atoms with E-state index >= 15 is 0 Å². The zero-order chi connectivity index (χ0) is 14.4. The van der Waals surface area contributed by atoms with Crippen LogP contribution >= 0.6 is 0 Å². The van der Waals surface area contributed by atoms with Crippen molar-refractivity contribution in [1.29, 1.82) is 5.26 Å². The molecule has 0 fully saturated rings. The van der Waals surface area contributed by atoms with E-state index in [9.17, 15) is 10.1 Å². The highest BCUT2D eigenvalue weighted by molar-refractivity contribution is 5.44. The van der Waals surface area contributed by atoms with Gasteiger partial charge in [-0.2, -0.15) is 10.3 Å². The summed E-state index contributed by atoms with van der Waals surface area (Å²) in [5, 5.41) is 9.49. The molecule has 20 heavy (non-hydrogen) atoms. The predicted octanol–water partition coefficient (Wildman–Crippen LogP) is 3.44. The molecule has 0 amide bonds. The maximum Gasteiger partial charge on any atom is 0.236 e.